The number of aromatic nitrogens is 2. The minimum absolute atomic E-state index is 0.615. The fraction of sp³-hybridized carbons (Fsp3) is 0.727. The molecule has 0 amide bonds. The van der Waals surface area contributed by atoms with E-state index in [2.05, 4.69) is 23.4 Å². The Hall–Kier alpha value is -0.830. The standard InChI is InChI=1S/C11H21N3/c1-9(12-3)6-5-7-11-8-10(2)13-14(11)4/h8-9,12H,5-7H2,1-4H3. The predicted octanol–water partition coefficient (Wildman–Crippen LogP) is 1.66. The molecule has 0 aliphatic rings. The molecule has 3 heteroatoms. The van der Waals surface area contributed by atoms with Crippen LogP contribution in [0.4, 0.5) is 0 Å². The van der Waals surface area contributed by atoms with E-state index in [1.54, 1.807) is 0 Å². The van der Waals surface area contributed by atoms with Gasteiger partial charge >= 0.3 is 0 Å². The quantitative estimate of drug-likeness (QED) is 0.774. The van der Waals surface area contributed by atoms with Gasteiger partial charge in [0.25, 0.3) is 0 Å². The van der Waals surface area contributed by atoms with Crippen LogP contribution < -0.4 is 5.32 Å². The SMILES string of the molecule is CNC(C)CCCc1cc(C)nn1C. The van der Waals surface area contributed by atoms with Gasteiger partial charge in [-0.05, 0) is 46.2 Å². The van der Waals surface area contributed by atoms with Gasteiger partial charge in [0.15, 0.2) is 0 Å². The van der Waals surface area contributed by atoms with E-state index in [4.69, 9.17) is 0 Å². The summed E-state index contributed by atoms with van der Waals surface area (Å²) in [5, 5.41) is 7.58. The van der Waals surface area contributed by atoms with Crippen LogP contribution in [0, 0.1) is 6.92 Å². The Morgan fingerprint density at radius 2 is 2.29 bits per heavy atom. The first-order valence-electron chi connectivity index (χ1n) is 5.30. The molecule has 80 valence electrons. The van der Waals surface area contributed by atoms with Crippen molar-refractivity contribution in [3.05, 3.63) is 17.5 Å². The van der Waals surface area contributed by atoms with Crippen molar-refractivity contribution in [1.82, 2.24) is 15.1 Å². The highest BCUT2D eigenvalue weighted by atomic mass is 15.3. The van der Waals surface area contributed by atoms with Crippen LogP contribution in [-0.2, 0) is 13.5 Å². The molecule has 1 N–H and O–H groups in total. The van der Waals surface area contributed by atoms with Crippen molar-refractivity contribution in [3.8, 4) is 0 Å². The van der Waals surface area contributed by atoms with Crippen molar-refractivity contribution in [2.45, 2.75) is 39.2 Å². The summed E-state index contributed by atoms with van der Waals surface area (Å²) >= 11 is 0. The van der Waals surface area contributed by atoms with E-state index in [9.17, 15) is 0 Å². The summed E-state index contributed by atoms with van der Waals surface area (Å²) in [7, 11) is 4.03. The summed E-state index contributed by atoms with van der Waals surface area (Å²) in [5.41, 5.74) is 2.45. The average Bonchev–Trinajstić information content (AvgIpc) is 2.45. The lowest BCUT2D eigenvalue weighted by Crippen LogP contribution is -2.20. The lowest BCUT2D eigenvalue weighted by atomic mass is 10.1. The molecule has 1 heterocycles. The zero-order valence-electron chi connectivity index (χ0n) is 9.67. The summed E-state index contributed by atoms with van der Waals surface area (Å²) in [6, 6.07) is 2.79. The monoisotopic (exact) mass is 195 g/mol. The number of hydrogen-bond acceptors (Lipinski definition) is 2. The fourth-order valence-electron chi connectivity index (χ4n) is 1.63. The number of rotatable bonds is 5. The topological polar surface area (TPSA) is 29.9 Å². The average molecular weight is 195 g/mol. The predicted molar refractivity (Wildman–Crippen MR) is 59.4 cm³/mol. The van der Waals surface area contributed by atoms with Crippen LogP contribution >= 0.6 is 0 Å². The van der Waals surface area contributed by atoms with Gasteiger partial charge in [0.2, 0.25) is 0 Å². The second kappa shape index (κ2) is 5.15. The zero-order chi connectivity index (χ0) is 10.6. The van der Waals surface area contributed by atoms with Gasteiger partial charge in [-0.15, -0.1) is 0 Å². The lowest BCUT2D eigenvalue weighted by molar-refractivity contribution is 0.534. The Morgan fingerprint density at radius 3 is 2.79 bits per heavy atom. The van der Waals surface area contributed by atoms with Crippen LogP contribution in [0.25, 0.3) is 0 Å². The number of aryl methyl sites for hydroxylation is 3. The van der Waals surface area contributed by atoms with Gasteiger partial charge in [-0.3, -0.25) is 4.68 Å². The lowest BCUT2D eigenvalue weighted by Gasteiger charge is -2.09. The van der Waals surface area contributed by atoms with Crippen LogP contribution in [-0.4, -0.2) is 22.9 Å². The maximum Gasteiger partial charge on any atom is 0.0596 e. The third-order valence-corrected chi connectivity index (χ3v) is 2.66. The molecule has 1 aromatic rings. The van der Waals surface area contributed by atoms with E-state index < -0.39 is 0 Å². The van der Waals surface area contributed by atoms with Gasteiger partial charge in [-0.2, -0.15) is 5.10 Å². The normalized spacial score (nSPS) is 13.1. The third kappa shape index (κ3) is 3.14. The van der Waals surface area contributed by atoms with E-state index in [0.717, 1.165) is 12.1 Å². The molecule has 0 saturated carbocycles. The van der Waals surface area contributed by atoms with Crippen molar-refractivity contribution >= 4 is 0 Å². The molecule has 0 fully saturated rings. The molecule has 14 heavy (non-hydrogen) atoms. The highest BCUT2D eigenvalue weighted by Gasteiger charge is 2.03. The Labute approximate surface area is 86.5 Å². The molecule has 3 nitrogen and oxygen atoms in total. The van der Waals surface area contributed by atoms with Crippen molar-refractivity contribution in [2.75, 3.05) is 7.05 Å². The molecular weight excluding hydrogens is 174 g/mol. The molecule has 0 aromatic carbocycles. The van der Waals surface area contributed by atoms with Crippen LogP contribution in [0.1, 0.15) is 31.2 Å². The van der Waals surface area contributed by atoms with E-state index in [1.807, 2.05) is 25.7 Å². The summed E-state index contributed by atoms with van der Waals surface area (Å²) in [6.45, 7) is 4.26. The van der Waals surface area contributed by atoms with Gasteiger partial charge < -0.3 is 5.32 Å². The second-order valence-corrected chi connectivity index (χ2v) is 3.98. The van der Waals surface area contributed by atoms with Crippen LogP contribution in [0.15, 0.2) is 6.07 Å². The molecular formula is C11H21N3. The molecule has 1 atom stereocenters. The first-order valence-corrected chi connectivity index (χ1v) is 5.30. The summed E-state index contributed by atoms with van der Waals surface area (Å²) in [6.07, 6.45) is 3.57. The van der Waals surface area contributed by atoms with E-state index in [-0.39, 0.29) is 0 Å². The summed E-state index contributed by atoms with van der Waals surface area (Å²) in [4.78, 5) is 0. The third-order valence-electron chi connectivity index (χ3n) is 2.66. The largest absolute Gasteiger partial charge is 0.317 e. The minimum atomic E-state index is 0.615. The Bertz CT molecular complexity index is 278. The van der Waals surface area contributed by atoms with Crippen LogP contribution in [0.2, 0.25) is 0 Å². The van der Waals surface area contributed by atoms with Gasteiger partial charge in [0.05, 0.1) is 5.69 Å². The van der Waals surface area contributed by atoms with Crippen molar-refractivity contribution in [3.63, 3.8) is 0 Å². The number of hydrogen-bond donors (Lipinski definition) is 1. The summed E-state index contributed by atoms with van der Waals surface area (Å²) < 4.78 is 1.99. The Balaban J connectivity index is 2.34. The number of nitrogens with zero attached hydrogens (tertiary/aromatic N) is 2. The van der Waals surface area contributed by atoms with E-state index in [0.29, 0.717) is 6.04 Å². The van der Waals surface area contributed by atoms with Crippen molar-refractivity contribution in [1.29, 1.82) is 0 Å². The Morgan fingerprint density at radius 1 is 1.57 bits per heavy atom. The maximum absolute atomic E-state index is 4.33. The molecule has 1 aromatic heterocycles. The van der Waals surface area contributed by atoms with E-state index >= 15 is 0 Å². The van der Waals surface area contributed by atoms with Gasteiger partial charge in [0, 0.05) is 18.8 Å². The first kappa shape index (κ1) is 11.2. The summed E-state index contributed by atoms with van der Waals surface area (Å²) in [5.74, 6) is 0. The molecule has 1 unspecified atom stereocenters. The highest BCUT2D eigenvalue weighted by molar-refractivity contribution is 5.08. The maximum atomic E-state index is 4.33. The molecule has 0 saturated heterocycles. The number of nitrogens with one attached hydrogen (secondary N) is 1. The first-order chi connectivity index (χ1) is 6.63. The Kier molecular flexibility index (Phi) is 4.14. The van der Waals surface area contributed by atoms with Crippen molar-refractivity contribution in [2.24, 2.45) is 7.05 Å². The molecule has 0 bridgehead atoms. The molecule has 0 aliphatic carbocycles. The van der Waals surface area contributed by atoms with Crippen LogP contribution in [0.3, 0.4) is 0 Å². The van der Waals surface area contributed by atoms with Crippen molar-refractivity contribution < 1.29 is 0 Å². The molecule has 0 spiro atoms. The smallest absolute Gasteiger partial charge is 0.0596 e. The zero-order valence-corrected chi connectivity index (χ0v) is 9.67. The second-order valence-electron chi connectivity index (χ2n) is 3.98. The minimum Gasteiger partial charge on any atom is -0.317 e. The molecule has 1 rings (SSSR count). The van der Waals surface area contributed by atoms with Gasteiger partial charge in [-0.25, -0.2) is 0 Å². The molecule has 0 radical (unpaired) electrons. The van der Waals surface area contributed by atoms with E-state index in [1.165, 1.54) is 18.5 Å². The van der Waals surface area contributed by atoms with Crippen LogP contribution in [0.5, 0.6) is 0 Å². The van der Waals surface area contributed by atoms with Gasteiger partial charge in [-0.1, -0.05) is 0 Å². The molecule has 0 aliphatic heterocycles. The van der Waals surface area contributed by atoms with Gasteiger partial charge in [0.1, 0.15) is 0 Å². The fourth-order valence-corrected chi connectivity index (χ4v) is 1.63. The highest BCUT2D eigenvalue weighted by Crippen LogP contribution is 2.07.